The summed E-state index contributed by atoms with van der Waals surface area (Å²) in [4.78, 5) is 14.0. The van der Waals surface area contributed by atoms with E-state index >= 15 is 0 Å². The lowest BCUT2D eigenvalue weighted by Gasteiger charge is -2.18. The summed E-state index contributed by atoms with van der Waals surface area (Å²) in [7, 11) is 1.79. The van der Waals surface area contributed by atoms with Crippen molar-refractivity contribution in [1.29, 1.82) is 0 Å². The van der Waals surface area contributed by atoms with Crippen LogP contribution in [0.2, 0.25) is 0 Å². The third kappa shape index (κ3) is 3.35. The second-order valence-corrected chi connectivity index (χ2v) is 5.24. The number of nitrogens with zero attached hydrogens (tertiary/aromatic N) is 1. The number of carbonyl (C=O) groups excluding carboxylic acids is 1. The second kappa shape index (κ2) is 5.89. The van der Waals surface area contributed by atoms with Gasteiger partial charge in [-0.15, -0.1) is 0 Å². The molecule has 0 aliphatic carbocycles. The Morgan fingerprint density at radius 3 is 2.42 bits per heavy atom. The lowest BCUT2D eigenvalue weighted by Crippen LogP contribution is -2.26. The maximum Gasteiger partial charge on any atom is 0.255 e. The summed E-state index contributed by atoms with van der Waals surface area (Å²) in [5, 5.41) is 0. The minimum atomic E-state index is -0.00991. The topological polar surface area (TPSA) is 46.3 Å². The summed E-state index contributed by atoms with van der Waals surface area (Å²) in [6.45, 7) is 0.556. The maximum absolute atomic E-state index is 12.3. The highest BCUT2D eigenvalue weighted by Crippen LogP contribution is 2.18. The molecule has 1 amide bonds. The van der Waals surface area contributed by atoms with Crippen molar-refractivity contribution in [2.24, 2.45) is 0 Å². The molecule has 0 unspecified atom stereocenters. The average Bonchev–Trinajstić information content (AvgIpc) is 2.41. The van der Waals surface area contributed by atoms with Gasteiger partial charge in [-0.25, -0.2) is 0 Å². The van der Waals surface area contributed by atoms with E-state index in [0.29, 0.717) is 12.1 Å². The molecule has 19 heavy (non-hydrogen) atoms. The molecule has 0 spiro atoms. The summed E-state index contributed by atoms with van der Waals surface area (Å²) in [5.74, 6) is -0.00991. The summed E-state index contributed by atoms with van der Waals surface area (Å²) in [6, 6.07) is 15.0. The van der Waals surface area contributed by atoms with Gasteiger partial charge in [0.1, 0.15) is 0 Å². The first-order chi connectivity index (χ1) is 9.08. The van der Waals surface area contributed by atoms with Crippen LogP contribution in [-0.2, 0) is 6.54 Å². The predicted octanol–water partition coefficient (Wildman–Crippen LogP) is 3.30. The highest BCUT2D eigenvalue weighted by Gasteiger charge is 2.14. The zero-order chi connectivity index (χ0) is 13.8. The van der Waals surface area contributed by atoms with Gasteiger partial charge in [-0.2, -0.15) is 0 Å². The average molecular weight is 319 g/mol. The smallest absolute Gasteiger partial charge is 0.255 e. The van der Waals surface area contributed by atoms with Crippen LogP contribution in [-0.4, -0.2) is 17.9 Å². The molecular weight excluding hydrogens is 304 g/mol. The molecule has 0 fully saturated rings. The zero-order valence-corrected chi connectivity index (χ0v) is 12.2. The van der Waals surface area contributed by atoms with Crippen LogP contribution in [0.15, 0.2) is 53.0 Å². The largest absolute Gasteiger partial charge is 0.399 e. The van der Waals surface area contributed by atoms with E-state index in [-0.39, 0.29) is 5.91 Å². The summed E-state index contributed by atoms with van der Waals surface area (Å²) in [5.41, 5.74) is 8.09. The lowest BCUT2D eigenvalue weighted by atomic mass is 10.1. The molecule has 0 aliphatic heterocycles. The van der Waals surface area contributed by atoms with Gasteiger partial charge < -0.3 is 10.6 Å². The Kier molecular flexibility index (Phi) is 4.22. The first-order valence-corrected chi connectivity index (χ1v) is 6.71. The summed E-state index contributed by atoms with van der Waals surface area (Å²) >= 11 is 3.40. The number of amides is 1. The molecule has 2 N–H and O–H groups in total. The molecule has 0 atom stereocenters. The number of nitrogen functional groups attached to an aromatic ring is 1. The Balaban J connectivity index is 2.12. The Bertz CT molecular complexity index is 581. The van der Waals surface area contributed by atoms with E-state index in [2.05, 4.69) is 15.9 Å². The molecule has 98 valence electrons. The molecule has 0 aromatic heterocycles. The Morgan fingerprint density at radius 1 is 1.16 bits per heavy atom. The quantitative estimate of drug-likeness (QED) is 0.882. The molecule has 4 heteroatoms. The Hall–Kier alpha value is -1.81. The van der Waals surface area contributed by atoms with Crippen LogP contribution in [0.4, 0.5) is 5.69 Å². The molecule has 2 rings (SSSR count). The van der Waals surface area contributed by atoms with E-state index in [1.165, 1.54) is 0 Å². The van der Waals surface area contributed by atoms with Crippen LogP contribution in [0.5, 0.6) is 0 Å². The van der Waals surface area contributed by atoms with E-state index in [4.69, 9.17) is 5.73 Å². The molecule has 2 aromatic carbocycles. The first kappa shape index (κ1) is 13.6. The molecule has 3 nitrogen and oxygen atoms in total. The molecule has 0 saturated carbocycles. The van der Waals surface area contributed by atoms with Gasteiger partial charge in [0.05, 0.1) is 5.56 Å². The molecule has 0 aliphatic rings. The van der Waals surface area contributed by atoms with Crippen molar-refractivity contribution < 1.29 is 4.79 Å². The fraction of sp³-hybridized carbons (Fsp3) is 0.133. The Morgan fingerprint density at radius 2 is 1.79 bits per heavy atom. The van der Waals surface area contributed by atoms with Gasteiger partial charge in [0.2, 0.25) is 0 Å². The van der Waals surface area contributed by atoms with Crippen LogP contribution >= 0.6 is 15.9 Å². The normalized spacial score (nSPS) is 10.2. The molecule has 0 saturated heterocycles. The van der Waals surface area contributed by atoms with Crippen LogP contribution in [0.25, 0.3) is 0 Å². The van der Waals surface area contributed by atoms with Gasteiger partial charge >= 0.3 is 0 Å². The summed E-state index contributed by atoms with van der Waals surface area (Å²) < 4.78 is 0.809. The number of benzene rings is 2. The van der Waals surface area contributed by atoms with Crippen LogP contribution < -0.4 is 5.73 Å². The van der Waals surface area contributed by atoms with Crippen molar-refractivity contribution in [3.8, 4) is 0 Å². The first-order valence-electron chi connectivity index (χ1n) is 5.92. The number of nitrogens with two attached hydrogens (primary N) is 1. The minimum Gasteiger partial charge on any atom is -0.399 e. The van der Waals surface area contributed by atoms with Crippen molar-refractivity contribution >= 4 is 27.5 Å². The van der Waals surface area contributed by atoms with Crippen LogP contribution in [0.3, 0.4) is 0 Å². The van der Waals surface area contributed by atoms with Gasteiger partial charge in [-0.1, -0.05) is 24.3 Å². The van der Waals surface area contributed by atoms with Crippen molar-refractivity contribution in [3.05, 3.63) is 64.1 Å². The molecule has 2 aromatic rings. The number of rotatable bonds is 3. The highest BCUT2D eigenvalue weighted by molar-refractivity contribution is 9.10. The number of carbonyl (C=O) groups is 1. The zero-order valence-electron chi connectivity index (χ0n) is 10.6. The van der Waals surface area contributed by atoms with Gasteiger partial charge in [-0.3, -0.25) is 4.79 Å². The highest BCUT2D eigenvalue weighted by atomic mass is 79.9. The van der Waals surface area contributed by atoms with E-state index in [9.17, 15) is 4.79 Å². The van der Waals surface area contributed by atoms with E-state index in [1.807, 2.05) is 48.5 Å². The SMILES string of the molecule is CN(Cc1ccc(N)cc1)C(=O)c1ccccc1Br. The number of hydrogen-bond acceptors (Lipinski definition) is 2. The standard InChI is InChI=1S/C15H15BrN2O/c1-18(10-11-6-8-12(17)9-7-11)15(19)13-4-2-3-5-14(13)16/h2-9H,10,17H2,1H3. The minimum absolute atomic E-state index is 0.00991. The number of hydrogen-bond donors (Lipinski definition) is 1. The number of halogens is 1. The monoisotopic (exact) mass is 318 g/mol. The third-order valence-corrected chi connectivity index (χ3v) is 3.54. The van der Waals surface area contributed by atoms with Crippen LogP contribution in [0.1, 0.15) is 15.9 Å². The van der Waals surface area contributed by atoms with Crippen LogP contribution in [0, 0.1) is 0 Å². The second-order valence-electron chi connectivity index (χ2n) is 4.38. The molecule has 0 heterocycles. The van der Waals surface area contributed by atoms with E-state index < -0.39 is 0 Å². The third-order valence-electron chi connectivity index (χ3n) is 2.85. The molecule has 0 bridgehead atoms. The Labute approximate surface area is 121 Å². The maximum atomic E-state index is 12.3. The fourth-order valence-electron chi connectivity index (χ4n) is 1.81. The summed E-state index contributed by atoms with van der Waals surface area (Å²) in [6.07, 6.45) is 0. The van der Waals surface area contributed by atoms with Crippen molar-refractivity contribution in [3.63, 3.8) is 0 Å². The van der Waals surface area contributed by atoms with E-state index in [1.54, 1.807) is 11.9 Å². The lowest BCUT2D eigenvalue weighted by molar-refractivity contribution is 0.0784. The van der Waals surface area contributed by atoms with Gasteiger partial charge in [0.15, 0.2) is 0 Å². The van der Waals surface area contributed by atoms with E-state index in [0.717, 1.165) is 15.7 Å². The fourth-order valence-corrected chi connectivity index (χ4v) is 2.26. The van der Waals surface area contributed by atoms with Crippen molar-refractivity contribution in [2.45, 2.75) is 6.54 Å². The predicted molar refractivity (Wildman–Crippen MR) is 80.8 cm³/mol. The number of anilines is 1. The molecule has 0 radical (unpaired) electrons. The van der Waals surface area contributed by atoms with Crippen molar-refractivity contribution in [1.82, 2.24) is 4.90 Å². The van der Waals surface area contributed by atoms with Crippen molar-refractivity contribution in [2.75, 3.05) is 12.8 Å². The van der Waals surface area contributed by atoms with Gasteiger partial charge in [-0.05, 0) is 45.8 Å². The van der Waals surface area contributed by atoms with Gasteiger partial charge in [0, 0.05) is 23.8 Å². The van der Waals surface area contributed by atoms with Gasteiger partial charge in [0.25, 0.3) is 5.91 Å². The molecular formula is C15H15BrN2O.